The SMILES string of the molecule is CCC(CC)(Cc1ccc(N)cc1)C(=O)O. The smallest absolute Gasteiger partial charge is 0.309 e. The Morgan fingerprint density at radius 2 is 1.75 bits per heavy atom. The maximum atomic E-state index is 11.3. The van der Waals surface area contributed by atoms with Crippen molar-refractivity contribution >= 4 is 11.7 Å². The molecule has 0 unspecified atom stereocenters. The van der Waals surface area contributed by atoms with Gasteiger partial charge in [-0.1, -0.05) is 26.0 Å². The minimum atomic E-state index is -0.714. The summed E-state index contributed by atoms with van der Waals surface area (Å²) in [7, 11) is 0. The molecular weight excluding hydrogens is 202 g/mol. The maximum absolute atomic E-state index is 11.3. The third kappa shape index (κ3) is 2.54. The molecule has 1 aromatic rings. The van der Waals surface area contributed by atoms with E-state index in [9.17, 15) is 9.90 Å². The van der Waals surface area contributed by atoms with Gasteiger partial charge in [0.15, 0.2) is 0 Å². The van der Waals surface area contributed by atoms with Gasteiger partial charge in [0.25, 0.3) is 0 Å². The molecule has 0 fully saturated rings. The highest BCUT2D eigenvalue weighted by molar-refractivity contribution is 5.75. The van der Waals surface area contributed by atoms with Crippen LogP contribution in [0.4, 0.5) is 5.69 Å². The highest BCUT2D eigenvalue weighted by Gasteiger charge is 2.34. The molecule has 0 aliphatic heterocycles. The zero-order chi connectivity index (χ0) is 12.2. The summed E-state index contributed by atoms with van der Waals surface area (Å²) in [6.45, 7) is 3.85. The summed E-state index contributed by atoms with van der Waals surface area (Å²) in [5, 5.41) is 9.31. The average Bonchev–Trinajstić information content (AvgIpc) is 2.28. The number of nitrogen functional groups attached to an aromatic ring is 1. The summed E-state index contributed by atoms with van der Waals surface area (Å²) in [6, 6.07) is 7.43. The second kappa shape index (κ2) is 5.01. The fourth-order valence-corrected chi connectivity index (χ4v) is 1.90. The molecule has 0 aromatic heterocycles. The van der Waals surface area contributed by atoms with E-state index in [4.69, 9.17) is 5.73 Å². The molecule has 0 saturated carbocycles. The molecular formula is C13H19NO2. The van der Waals surface area contributed by atoms with Crippen LogP contribution in [0.15, 0.2) is 24.3 Å². The fourth-order valence-electron chi connectivity index (χ4n) is 1.90. The van der Waals surface area contributed by atoms with Crippen LogP contribution in [0, 0.1) is 5.41 Å². The number of nitrogens with two attached hydrogens (primary N) is 1. The fraction of sp³-hybridized carbons (Fsp3) is 0.462. The van der Waals surface area contributed by atoms with Gasteiger partial charge >= 0.3 is 5.97 Å². The quantitative estimate of drug-likeness (QED) is 0.751. The van der Waals surface area contributed by atoms with Crippen LogP contribution in [0.1, 0.15) is 32.3 Å². The van der Waals surface area contributed by atoms with Crippen molar-refractivity contribution in [2.24, 2.45) is 5.41 Å². The highest BCUT2D eigenvalue weighted by Crippen LogP contribution is 2.31. The Labute approximate surface area is 96.3 Å². The van der Waals surface area contributed by atoms with E-state index in [0.29, 0.717) is 24.9 Å². The lowest BCUT2D eigenvalue weighted by atomic mass is 9.77. The Bertz CT molecular complexity index is 353. The normalized spacial score (nSPS) is 11.4. The molecule has 3 N–H and O–H groups in total. The van der Waals surface area contributed by atoms with Crippen LogP contribution >= 0.6 is 0 Å². The van der Waals surface area contributed by atoms with Crippen molar-refractivity contribution in [2.45, 2.75) is 33.1 Å². The van der Waals surface area contributed by atoms with Gasteiger partial charge in [0.2, 0.25) is 0 Å². The summed E-state index contributed by atoms with van der Waals surface area (Å²) in [5.41, 5.74) is 6.69. The minimum Gasteiger partial charge on any atom is -0.481 e. The number of carbonyl (C=O) groups is 1. The van der Waals surface area contributed by atoms with E-state index in [1.165, 1.54) is 0 Å². The molecule has 0 radical (unpaired) electrons. The molecule has 0 aliphatic carbocycles. The minimum absolute atomic E-state index is 0.565. The van der Waals surface area contributed by atoms with E-state index in [-0.39, 0.29) is 0 Å². The van der Waals surface area contributed by atoms with Gasteiger partial charge in [-0.15, -0.1) is 0 Å². The van der Waals surface area contributed by atoms with Crippen molar-refractivity contribution in [3.63, 3.8) is 0 Å². The molecule has 0 atom stereocenters. The van der Waals surface area contributed by atoms with Gasteiger partial charge in [0, 0.05) is 5.69 Å². The van der Waals surface area contributed by atoms with Gasteiger partial charge in [-0.2, -0.15) is 0 Å². The standard InChI is InChI=1S/C13H19NO2/c1-3-13(4-2,12(15)16)9-10-5-7-11(14)8-6-10/h5-8H,3-4,9,14H2,1-2H3,(H,15,16). The molecule has 0 spiro atoms. The Balaban J connectivity index is 2.91. The predicted octanol–water partition coefficient (Wildman–Crippen LogP) is 2.70. The Morgan fingerprint density at radius 3 is 2.12 bits per heavy atom. The van der Waals surface area contributed by atoms with Crippen LogP contribution in [-0.2, 0) is 11.2 Å². The number of carboxylic acid groups (broad SMARTS) is 1. The van der Waals surface area contributed by atoms with Crippen LogP contribution in [-0.4, -0.2) is 11.1 Å². The number of aliphatic carboxylic acids is 1. The molecule has 0 heterocycles. The molecule has 3 nitrogen and oxygen atoms in total. The summed E-state index contributed by atoms with van der Waals surface area (Å²) < 4.78 is 0. The van der Waals surface area contributed by atoms with E-state index < -0.39 is 11.4 Å². The largest absolute Gasteiger partial charge is 0.481 e. The van der Waals surface area contributed by atoms with Gasteiger partial charge < -0.3 is 10.8 Å². The van der Waals surface area contributed by atoms with Crippen LogP contribution < -0.4 is 5.73 Å². The Hall–Kier alpha value is -1.51. The van der Waals surface area contributed by atoms with Crippen LogP contribution in [0.2, 0.25) is 0 Å². The van der Waals surface area contributed by atoms with Gasteiger partial charge in [0.05, 0.1) is 5.41 Å². The van der Waals surface area contributed by atoms with Crippen molar-refractivity contribution in [3.8, 4) is 0 Å². The van der Waals surface area contributed by atoms with Crippen molar-refractivity contribution in [3.05, 3.63) is 29.8 Å². The molecule has 0 saturated heterocycles. The topological polar surface area (TPSA) is 63.3 Å². The number of anilines is 1. The van der Waals surface area contributed by atoms with E-state index in [0.717, 1.165) is 5.56 Å². The lowest BCUT2D eigenvalue weighted by Crippen LogP contribution is -2.32. The van der Waals surface area contributed by atoms with Gasteiger partial charge in [-0.05, 0) is 37.0 Å². The Kier molecular flexibility index (Phi) is 3.93. The first-order valence-corrected chi connectivity index (χ1v) is 5.62. The molecule has 1 rings (SSSR count). The van der Waals surface area contributed by atoms with Crippen molar-refractivity contribution < 1.29 is 9.90 Å². The molecule has 3 heteroatoms. The number of benzene rings is 1. The summed E-state index contributed by atoms with van der Waals surface area (Å²) in [5.74, 6) is -0.714. The summed E-state index contributed by atoms with van der Waals surface area (Å²) >= 11 is 0. The monoisotopic (exact) mass is 221 g/mol. The second-order valence-corrected chi connectivity index (χ2v) is 4.21. The number of hydrogen-bond donors (Lipinski definition) is 2. The molecule has 16 heavy (non-hydrogen) atoms. The maximum Gasteiger partial charge on any atom is 0.309 e. The van der Waals surface area contributed by atoms with Crippen molar-refractivity contribution in [1.82, 2.24) is 0 Å². The first-order valence-electron chi connectivity index (χ1n) is 5.62. The van der Waals surface area contributed by atoms with E-state index in [2.05, 4.69) is 0 Å². The van der Waals surface area contributed by atoms with Gasteiger partial charge in [-0.3, -0.25) is 4.79 Å². The second-order valence-electron chi connectivity index (χ2n) is 4.21. The van der Waals surface area contributed by atoms with Crippen LogP contribution in [0.3, 0.4) is 0 Å². The average molecular weight is 221 g/mol. The van der Waals surface area contributed by atoms with Crippen molar-refractivity contribution in [2.75, 3.05) is 5.73 Å². The zero-order valence-corrected chi connectivity index (χ0v) is 9.86. The molecule has 0 bridgehead atoms. The highest BCUT2D eigenvalue weighted by atomic mass is 16.4. The molecule has 0 aliphatic rings. The van der Waals surface area contributed by atoms with E-state index in [1.54, 1.807) is 0 Å². The first kappa shape index (κ1) is 12.6. The molecule has 1 aromatic carbocycles. The third-order valence-corrected chi connectivity index (χ3v) is 3.33. The molecule has 88 valence electrons. The number of hydrogen-bond acceptors (Lipinski definition) is 2. The lowest BCUT2D eigenvalue weighted by Gasteiger charge is -2.26. The van der Waals surface area contributed by atoms with Crippen LogP contribution in [0.25, 0.3) is 0 Å². The molecule has 0 amide bonds. The number of rotatable bonds is 5. The van der Waals surface area contributed by atoms with Crippen LogP contribution in [0.5, 0.6) is 0 Å². The van der Waals surface area contributed by atoms with Gasteiger partial charge in [0.1, 0.15) is 0 Å². The predicted molar refractivity (Wildman–Crippen MR) is 65.2 cm³/mol. The van der Waals surface area contributed by atoms with Gasteiger partial charge in [-0.25, -0.2) is 0 Å². The summed E-state index contributed by atoms with van der Waals surface area (Å²) in [4.78, 5) is 11.3. The zero-order valence-electron chi connectivity index (χ0n) is 9.86. The third-order valence-electron chi connectivity index (χ3n) is 3.33. The first-order chi connectivity index (χ1) is 7.54. The Morgan fingerprint density at radius 1 is 1.25 bits per heavy atom. The lowest BCUT2D eigenvalue weighted by molar-refractivity contribution is -0.149. The van der Waals surface area contributed by atoms with Crippen molar-refractivity contribution in [1.29, 1.82) is 0 Å². The number of carboxylic acids is 1. The van der Waals surface area contributed by atoms with E-state index >= 15 is 0 Å². The summed E-state index contributed by atoms with van der Waals surface area (Å²) in [6.07, 6.45) is 1.85. The van der Waals surface area contributed by atoms with E-state index in [1.807, 2.05) is 38.1 Å².